The van der Waals surface area contributed by atoms with Crippen LogP contribution in [-0.2, 0) is 0 Å². The van der Waals surface area contributed by atoms with Crippen LogP contribution >= 0.6 is 27.3 Å². The van der Waals surface area contributed by atoms with Gasteiger partial charge in [-0.05, 0) is 55.3 Å². The molecule has 5 heteroatoms. The zero-order valence-electron chi connectivity index (χ0n) is 11.6. The second-order valence-electron chi connectivity index (χ2n) is 4.88. The van der Waals surface area contributed by atoms with E-state index < -0.39 is 0 Å². The Kier molecular flexibility index (Phi) is 3.78. The number of aryl methyl sites for hydroxylation is 2. The van der Waals surface area contributed by atoms with Gasteiger partial charge in [0.25, 0.3) is 5.91 Å². The molecule has 1 N–H and O–H groups in total. The van der Waals surface area contributed by atoms with E-state index in [9.17, 15) is 4.79 Å². The maximum absolute atomic E-state index is 12.3. The van der Waals surface area contributed by atoms with Crippen LogP contribution in [0.4, 0.5) is 5.13 Å². The van der Waals surface area contributed by atoms with Gasteiger partial charge in [0.1, 0.15) is 0 Å². The number of amides is 1. The van der Waals surface area contributed by atoms with E-state index in [-0.39, 0.29) is 5.91 Å². The summed E-state index contributed by atoms with van der Waals surface area (Å²) >= 11 is 4.90. The highest BCUT2D eigenvalue weighted by Crippen LogP contribution is 2.28. The van der Waals surface area contributed by atoms with Gasteiger partial charge in [-0.25, -0.2) is 4.98 Å². The zero-order valence-corrected chi connectivity index (χ0v) is 14.0. The lowest BCUT2D eigenvalue weighted by Crippen LogP contribution is -2.11. The number of rotatable bonds is 2. The number of carbonyl (C=O) groups excluding carboxylic acids is 1. The molecule has 3 rings (SSSR count). The van der Waals surface area contributed by atoms with Gasteiger partial charge in [-0.3, -0.25) is 10.1 Å². The van der Waals surface area contributed by atoms with E-state index in [1.807, 2.05) is 50.2 Å². The molecule has 0 aliphatic carbocycles. The van der Waals surface area contributed by atoms with Crippen molar-refractivity contribution in [2.45, 2.75) is 13.8 Å². The number of aromatic nitrogens is 1. The van der Waals surface area contributed by atoms with Gasteiger partial charge >= 0.3 is 0 Å². The third kappa shape index (κ3) is 2.99. The van der Waals surface area contributed by atoms with Crippen LogP contribution in [0.25, 0.3) is 10.2 Å². The minimum atomic E-state index is -0.128. The van der Waals surface area contributed by atoms with Gasteiger partial charge in [-0.15, -0.1) is 0 Å². The highest BCUT2D eigenvalue weighted by Gasteiger charge is 2.10. The summed E-state index contributed by atoms with van der Waals surface area (Å²) in [4.78, 5) is 16.7. The Morgan fingerprint density at radius 3 is 2.71 bits per heavy atom. The zero-order chi connectivity index (χ0) is 15.0. The SMILES string of the molecule is Cc1ccc(C(=O)Nc2nc3ccc(Br)cc3s2)cc1C. The number of nitrogens with one attached hydrogen (secondary N) is 1. The molecule has 0 saturated heterocycles. The molecule has 1 amide bonds. The molecule has 0 fully saturated rings. The van der Waals surface area contributed by atoms with Crippen molar-refractivity contribution in [1.29, 1.82) is 0 Å². The normalized spacial score (nSPS) is 10.8. The van der Waals surface area contributed by atoms with Gasteiger partial charge in [-0.2, -0.15) is 0 Å². The average Bonchev–Trinajstić information content (AvgIpc) is 2.83. The fraction of sp³-hybridized carbons (Fsp3) is 0.125. The molecule has 0 aliphatic rings. The van der Waals surface area contributed by atoms with Gasteiger partial charge in [0.15, 0.2) is 5.13 Å². The van der Waals surface area contributed by atoms with Crippen molar-refractivity contribution in [2.24, 2.45) is 0 Å². The standard InChI is InChI=1S/C16H13BrN2OS/c1-9-3-4-11(7-10(9)2)15(20)19-16-18-13-6-5-12(17)8-14(13)21-16/h3-8H,1-2H3,(H,18,19,20). The van der Waals surface area contributed by atoms with E-state index in [0.29, 0.717) is 10.7 Å². The summed E-state index contributed by atoms with van der Waals surface area (Å²) in [7, 11) is 0. The summed E-state index contributed by atoms with van der Waals surface area (Å²) in [6.07, 6.45) is 0. The lowest BCUT2D eigenvalue weighted by molar-refractivity contribution is 0.102. The molecule has 1 heterocycles. The molecule has 0 atom stereocenters. The number of nitrogens with zero attached hydrogens (tertiary/aromatic N) is 1. The lowest BCUT2D eigenvalue weighted by Gasteiger charge is -2.04. The topological polar surface area (TPSA) is 42.0 Å². The Balaban J connectivity index is 1.87. The second kappa shape index (κ2) is 5.58. The molecule has 3 nitrogen and oxygen atoms in total. The first kappa shape index (κ1) is 14.2. The third-order valence-electron chi connectivity index (χ3n) is 3.34. The molecule has 0 bridgehead atoms. The molecular weight excluding hydrogens is 348 g/mol. The second-order valence-corrected chi connectivity index (χ2v) is 6.83. The summed E-state index contributed by atoms with van der Waals surface area (Å²) in [5.74, 6) is -0.128. The van der Waals surface area contributed by atoms with Crippen molar-refractivity contribution in [3.63, 3.8) is 0 Å². The van der Waals surface area contributed by atoms with Crippen LogP contribution in [0.15, 0.2) is 40.9 Å². The molecule has 106 valence electrons. The Labute approximate surface area is 135 Å². The van der Waals surface area contributed by atoms with Crippen molar-refractivity contribution in [3.05, 3.63) is 57.6 Å². The summed E-state index contributed by atoms with van der Waals surface area (Å²) in [6.45, 7) is 4.03. The summed E-state index contributed by atoms with van der Waals surface area (Å²) in [5, 5.41) is 3.48. The van der Waals surface area contributed by atoms with Gasteiger partial charge in [0, 0.05) is 10.0 Å². The van der Waals surface area contributed by atoms with Crippen LogP contribution in [-0.4, -0.2) is 10.9 Å². The van der Waals surface area contributed by atoms with Crippen LogP contribution in [0, 0.1) is 13.8 Å². The molecular formula is C16H13BrN2OS. The van der Waals surface area contributed by atoms with Crippen molar-refractivity contribution in [1.82, 2.24) is 4.98 Å². The minimum Gasteiger partial charge on any atom is -0.298 e. The van der Waals surface area contributed by atoms with Crippen LogP contribution in [0.2, 0.25) is 0 Å². The van der Waals surface area contributed by atoms with Gasteiger partial charge in [0.2, 0.25) is 0 Å². The lowest BCUT2D eigenvalue weighted by atomic mass is 10.1. The van der Waals surface area contributed by atoms with Crippen molar-refractivity contribution >= 4 is 48.5 Å². The first-order valence-corrected chi connectivity index (χ1v) is 8.08. The first-order valence-electron chi connectivity index (χ1n) is 6.47. The molecule has 1 aromatic heterocycles. The molecule has 0 radical (unpaired) electrons. The average molecular weight is 361 g/mol. The maximum Gasteiger partial charge on any atom is 0.257 e. The van der Waals surface area contributed by atoms with E-state index in [1.54, 1.807) is 0 Å². The Hall–Kier alpha value is -1.72. The van der Waals surface area contributed by atoms with Gasteiger partial charge in [0.05, 0.1) is 10.2 Å². The third-order valence-corrected chi connectivity index (χ3v) is 4.77. The number of fused-ring (bicyclic) bond motifs is 1. The molecule has 0 aliphatic heterocycles. The predicted octanol–water partition coefficient (Wildman–Crippen LogP) is 4.93. The Bertz CT molecular complexity index is 841. The maximum atomic E-state index is 12.3. The quantitative estimate of drug-likeness (QED) is 0.703. The van der Waals surface area contributed by atoms with E-state index in [0.717, 1.165) is 20.3 Å². The summed E-state index contributed by atoms with van der Waals surface area (Å²) in [5.41, 5.74) is 3.82. The highest BCUT2D eigenvalue weighted by molar-refractivity contribution is 9.10. The van der Waals surface area contributed by atoms with Crippen LogP contribution < -0.4 is 5.32 Å². The van der Waals surface area contributed by atoms with Crippen LogP contribution in [0.3, 0.4) is 0 Å². The number of carbonyl (C=O) groups is 1. The minimum absolute atomic E-state index is 0.128. The number of anilines is 1. The molecule has 0 spiro atoms. The number of benzene rings is 2. The summed E-state index contributed by atoms with van der Waals surface area (Å²) < 4.78 is 2.05. The summed E-state index contributed by atoms with van der Waals surface area (Å²) in [6, 6.07) is 11.6. The Morgan fingerprint density at radius 2 is 1.95 bits per heavy atom. The number of hydrogen-bond donors (Lipinski definition) is 1. The van der Waals surface area contributed by atoms with Crippen molar-refractivity contribution < 1.29 is 4.79 Å². The fourth-order valence-corrected chi connectivity index (χ4v) is 3.42. The fourth-order valence-electron chi connectivity index (χ4n) is 2.00. The van der Waals surface area contributed by atoms with E-state index >= 15 is 0 Å². The van der Waals surface area contributed by atoms with E-state index in [4.69, 9.17) is 0 Å². The Morgan fingerprint density at radius 1 is 1.14 bits per heavy atom. The molecule has 0 saturated carbocycles. The largest absolute Gasteiger partial charge is 0.298 e. The first-order chi connectivity index (χ1) is 10.0. The number of thiazole rings is 1. The predicted molar refractivity (Wildman–Crippen MR) is 91.2 cm³/mol. The van der Waals surface area contributed by atoms with Gasteiger partial charge in [-0.1, -0.05) is 33.3 Å². The number of halogens is 1. The number of hydrogen-bond acceptors (Lipinski definition) is 3. The van der Waals surface area contributed by atoms with Crippen molar-refractivity contribution in [2.75, 3.05) is 5.32 Å². The van der Waals surface area contributed by atoms with Crippen LogP contribution in [0.5, 0.6) is 0 Å². The van der Waals surface area contributed by atoms with Gasteiger partial charge < -0.3 is 0 Å². The molecule has 3 aromatic rings. The van der Waals surface area contributed by atoms with E-state index in [1.165, 1.54) is 16.9 Å². The molecule has 21 heavy (non-hydrogen) atoms. The van der Waals surface area contributed by atoms with Crippen LogP contribution in [0.1, 0.15) is 21.5 Å². The van der Waals surface area contributed by atoms with E-state index in [2.05, 4.69) is 26.2 Å². The smallest absolute Gasteiger partial charge is 0.257 e. The highest BCUT2D eigenvalue weighted by atomic mass is 79.9. The van der Waals surface area contributed by atoms with Crippen molar-refractivity contribution in [3.8, 4) is 0 Å². The monoisotopic (exact) mass is 360 g/mol. The molecule has 0 unspecified atom stereocenters. The molecule has 2 aromatic carbocycles.